The number of rotatable bonds is 4. The zero-order chi connectivity index (χ0) is 18.8. The Morgan fingerprint density at radius 2 is 1.54 bits per heavy atom. The number of anilines is 2. The third-order valence-electron chi connectivity index (χ3n) is 3.97. The van der Waals surface area contributed by atoms with E-state index in [2.05, 4.69) is 4.99 Å². The molecule has 1 saturated heterocycles. The first-order valence-corrected chi connectivity index (χ1v) is 7.51. The molecule has 1 heterocycles. The quantitative estimate of drug-likeness (QED) is 0.476. The van der Waals surface area contributed by atoms with Crippen LogP contribution in [0.3, 0.4) is 0 Å². The van der Waals surface area contributed by atoms with E-state index in [1.165, 1.54) is 18.2 Å². The van der Waals surface area contributed by atoms with Gasteiger partial charge in [-0.2, -0.15) is 4.99 Å². The van der Waals surface area contributed by atoms with Crippen molar-refractivity contribution >= 4 is 35.2 Å². The Balaban J connectivity index is 1.91. The Morgan fingerprint density at radius 3 is 2.12 bits per heavy atom. The van der Waals surface area contributed by atoms with Gasteiger partial charge in [0.15, 0.2) is 0 Å². The maximum absolute atomic E-state index is 12.5. The van der Waals surface area contributed by atoms with Crippen LogP contribution in [-0.4, -0.2) is 18.1 Å². The van der Waals surface area contributed by atoms with E-state index in [4.69, 9.17) is 10.00 Å². The summed E-state index contributed by atoms with van der Waals surface area (Å²) in [7, 11) is 0. The number of imide groups is 2. The Morgan fingerprint density at radius 1 is 0.962 bits per heavy atom. The molecular weight excluding hydrogens is 336 g/mol. The zero-order valence-electron chi connectivity index (χ0n) is 13.9. The predicted octanol–water partition coefficient (Wildman–Crippen LogP) is 3.70. The molecule has 1 aliphatic heterocycles. The summed E-state index contributed by atoms with van der Waals surface area (Å²) >= 11 is 0. The molecule has 2 aromatic rings. The number of amides is 4. The van der Waals surface area contributed by atoms with Gasteiger partial charge in [0.25, 0.3) is 6.26 Å². The van der Waals surface area contributed by atoms with Crippen molar-refractivity contribution in [2.24, 2.45) is 4.99 Å². The highest BCUT2D eigenvalue weighted by atomic mass is 16.5. The van der Waals surface area contributed by atoms with Gasteiger partial charge >= 0.3 is 12.1 Å². The first-order valence-electron chi connectivity index (χ1n) is 7.51. The summed E-state index contributed by atoms with van der Waals surface area (Å²) in [4.78, 5) is 41.0. The molecule has 0 saturated carbocycles. The van der Waals surface area contributed by atoms with E-state index >= 15 is 0 Å². The molecule has 0 aromatic heterocycles. The Bertz CT molecular complexity index is 1000. The van der Waals surface area contributed by atoms with E-state index in [0.29, 0.717) is 28.2 Å². The molecule has 1 fully saturated rings. The highest BCUT2D eigenvalue weighted by molar-refractivity contribution is 6.41. The average molecular weight is 348 g/mol. The van der Waals surface area contributed by atoms with Crippen molar-refractivity contribution in [2.45, 2.75) is 13.8 Å². The summed E-state index contributed by atoms with van der Waals surface area (Å²) in [6, 6.07) is 8.26. The van der Waals surface area contributed by atoms with Gasteiger partial charge in [-0.1, -0.05) is 12.1 Å². The molecule has 26 heavy (non-hydrogen) atoms. The van der Waals surface area contributed by atoms with Crippen molar-refractivity contribution in [3.05, 3.63) is 47.5 Å². The van der Waals surface area contributed by atoms with E-state index in [-0.39, 0.29) is 5.75 Å². The number of nitriles is 1. The molecule has 0 aliphatic carbocycles. The summed E-state index contributed by atoms with van der Waals surface area (Å²) in [6.45, 7) is 3.49. The molecule has 128 valence electrons. The molecule has 0 radical (unpaired) electrons. The maximum Gasteiger partial charge on any atom is 0.345 e. The number of nitrogens with zero attached hydrogens (tertiary/aromatic N) is 4. The fourth-order valence-electron chi connectivity index (χ4n) is 2.55. The van der Waals surface area contributed by atoms with E-state index in [9.17, 15) is 14.4 Å². The third kappa shape index (κ3) is 2.69. The molecule has 0 bridgehead atoms. The molecule has 1 aliphatic rings. The predicted molar refractivity (Wildman–Crippen MR) is 92.1 cm³/mol. The molecule has 0 N–H and O–H groups in total. The normalized spacial score (nSPS) is 13.0. The number of carbonyl (C=O) groups excluding carboxylic acids is 3. The summed E-state index contributed by atoms with van der Waals surface area (Å²) < 4.78 is 4.83. The van der Waals surface area contributed by atoms with Crippen molar-refractivity contribution in [1.29, 1.82) is 5.26 Å². The average Bonchev–Trinajstić information content (AvgIpc) is 2.61. The van der Waals surface area contributed by atoms with Crippen LogP contribution in [-0.2, 0) is 4.79 Å². The Hall–Kier alpha value is -3.95. The highest BCUT2D eigenvalue weighted by Gasteiger charge is 2.46. The van der Waals surface area contributed by atoms with Crippen molar-refractivity contribution in [3.8, 4) is 12.0 Å². The SMILES string of the molecule is Cc1ccc(N2C(=O)N(c3ccc(C)c(OC#N)c3)C2=O)cc1N=C=O. The number of hydrogen-bond donors (Lipinski definition) is 0. The lowest BCUT2D eigenvalue weighted by molar-refractivity contribution is 0.226. The van der Waals surface area contributed by atoms with Crippen molar-refractivity contribution in [1.82, 2.24) is 0 Å². The number of hydrogen-bond acceptors (Lipinski definition) is 6. The van der Waals surface area contributed by atoms with E-state index in [0.717, 1.165) is 9.80 Å². The topological polar surface area (TPSA) is 103 Å². The van der Waals surface area contributed by atoms with Gasteiger partial charge in [0, 0.05) is 6.07 Å². The van der Waals surface area contributed by atoms with Crippen LogP contribution in [0.25, 0.3) is 0 Å². The monoisotopic (exact) mass is 348 g/mol. The minimum atomic E-state index is -0.563. The number of ether oxygens (including phenoxy) is 1. The molecule has 3 rings (SSSR count). The largest absolute Gasteiger partial charge is 0.388 e. The molecule has 0 unspecified atom stereocenters. The fourth-order valence-corrected chi connectivity index (χ4v) is 2.55. The van der Waals surface area contributed by atoms with E-state index in [1.807, 2.05) is 0 Å². The minimum Gasteiger partial charge on any atom is -0.388 e. The Kier molecular flexibility index (Phi) is 4.23. The minimum absolute atomic E-state index is 0.266. The van der Waals surface area contributed by atoms with Gasteiger partial charge in [0.1, 0.15) is 5.75 Å². The second-order valence-electron chi connectivity index (χ2n) is 5.55. The van der Waals surface area contributed by atoms with Gasteiger partial charge < -0.3 is 4.74 Å². The van der Waals surface area contributed by atoms with Gasteiger partial charge in [-0.05, 0) is 43.2 Å². The van der Waals surface area contributed by atoms with Crippen LogP contribution in [0.15, 0.2) is 41.4 Å². The van der Waals surface area contributed by atoms with E-state index < -0.39 is 12.1 Å². The van der Waals surface area contributed by atoms with Crippen LogP contribution in [0.2, 0.25) is 0 Å². The molecular formula is C18H12N4O4. The van der Waals surface area contributed by atoms with Crippen LogP contribution in [0, 0.1) is 25.4 Å². The molecule has 0 atom stereocenters. The number of urea groups is 2. The summed E-state index contributed by atoms with van der Waals surface area (Å²) in [6.07, 6.45) is 3.01. The maximum atomic E-state index is 12.5. The standard InChI is InChI=1S/C18H12N4O4/c1-11-3-5-13(7-15(11)20-10-23)21-17(24)22(18(21)25)14-6-4-12(2)16(8-14)26-9-19/h3-8H,1-2H3. The number of aryl methyl sites for hydroxylation is 2. The number of isocyanates is 1. The summed E-state index contributed by atoms with van der Waals surface area (Å²) in [5, 5.41) is 8.67. The van der Waals surface area contributed by atoms with Crippen molar-refractivity contribution < 1.29 is 19.1 Å². The van der Waals surface area contributed by atoms with Gasteiger partial charge in [-0.15, -0.1) is 5.26 Å². The number of carbonyl (C=O) groups is 2. The Labute approximate surface area is 148 Å². The third-order valence-corrected chi connectivity index (χ3v) is 3.97. The lowest BCUT2D eigenvalue weighted by Gasteiger charge is -2.39. The second kappa shape index (κ2) is 6.51. The molecule has 8 heteroatoms. The second-order valence-corrected chi connectivity index (χ2v) is 5.55. The molecule has 2 aromatic carbocycles. The smallest absolute Gasteiger partial charge is 0.345 e. The van der Waals surface area contributed by atoms with Crippen LogP contribution >= 0.6 is 0 Å². The van der Waals surface area contributed by atoms with Crippen LogP contribution in [0.5, 0.6) is 5.75 Å². The lowest BCUT2D eigenvalue weighted by atomic mass is 10.1. The summed E-state index contributed by atoms with van der Waals surface area (Å²) in [5.41, 5.74) is 2.34. The number of benzene rings is 2. The summed E-state index contributed by atoms with van der Waals surface area (Å²) in [5.74, 6) is 0.266. The van der Waals surface area contributed by atoms with Gasteiger partial charge in [-0.25, -0.2) is 24.2 Å². The van der Waals surface area contributed by atoms with Crippen molar-refractivity contribution in [3.63, 3.8) is 0 Å². The first-order chi connectivity index (χ1) is 12.5. The fraction of sp³-hybridized carbons (Fsp3) is 0.111. The van der Waals surface area contributed by atoms with Gasteiger partial charge in [0.05, 0.1) is 17.1 Å². The van der Waals surface area contributed by atoms with Gasteiger partial charge in [-0.3, -0.25) is 0 Å². The lowest BCUT2D eigenvalue weighted by Crippen LogP contribution is -2.64. The van der Waals surface area contributed by atoms with E-state index in [1.54, 1.807) is 44.4 Å². The van der Waals surface area contributed by atoms with Crippen LogP contribution in [0.1, 0.15) is 11.1 Å². The van der Waals surface area contributed by atoms with Crippen LogP contribution < -0.4 is 14.5 Å². The van der Waals surface area contributed by atoms with Crippen LogP contribution in [0.4, 0.5) is 26.7 Å². The van der Waals surface area contributed by atoms with Crippen molar-refractivity contribution in [2.75, 3.05) is 9.80 Å². The van der Waals surface area contributed by atoms with Gasteiger partial charge in [0.2, 0.25) is 6.08 Å². The molecule has 4 amide bonds. The zero-order valence-corrected chi connectivity index (χ0v) is 13.9. The molecule has 8 nitrogen and oxygen atoms in total. The number of aliphatic imine (C=N–C) groups is 1. The molecule has 0 spiro atoms. The first kappa shape index (κ1) is 16.9. The highest BCUT2D eigenvalue weighted by Crippen LogP contribution is 2.35.